The zero-order valence-electron chi connectivity index (χ0n) is 12.4. The van der Waals surface area contributed by atoms with Crippen LogP contribution in [0.1, 0.15) is 19.4 Å². The van der Waals surface area contributed by atoms with Crippen molar-refractivity contribution in [1.29, 1.82) is 0 Å². The molecule has 2 rings (SSSR count). The van der Waals surface area contributed by atoms with Gasteiger partial charge in [-0.05, 0) is 19.4 Å². The Hall–Kier alpha value is -0.880. The van der Waals surface area contributed by atoms with Crippen molar-refractivity contribution in [2.75, 3.05) is 13.2 Å². The molecule has 1 aromatic carbocycles. The number of alkyl halides is 3. The molecule has 1 aliphatic heterocycles. The highest BCUT2D eigenvalue weighted by molar-refractivity contribution is 7.55. The van der Waals surface area contributed by atoms with Gasteiger partial charge in [0.2, 0.25) is 0 Å². The van der Waals surface area contributed by atoms with Gasteiger partial charge in [-0.1, -0.05) is 30.3 Å². The number of hydrogen-bond acceptors (Lipinski definition) is 4. The van der Waals surface area contributed by atoms with E-state index in [4.69, 9.17) is 9.05 Å². The van der Waals surface area contributed by atoms with Crippen molar-refractivity contribution in [2.24, 2.45) is 0 Å². The summed E-state index contributed by atoms with van der Waals surface area (Å²) in [5.74, 6) is -1.37. The quantitative estimate of drug-likeness (QED) is 0.608. The highest BCUT2D eigenvalue weighted by atomic mass is 31.2. The molecule has 1 fully saturated rings. The molecule has 0 bridgehead atoms. The summed E-state index contributed by atoms with van der Waals surface area (Å²) in [5.41, 5.74) is -1.76. The van der Waals surface area contributed by atoms with Gasteiger partial charge in [-0.15, -0.1) is 0 Å². The zero-order chi connectivity index (χ0) is 16.4. The van der Waals surface area contributed by atoms with Crippen LogP contribution in [0.4, 0.5) is 13.2 Å². The second kappa shape index (κ2) is 6.32. The van der Waals surface area contributed by atoms with Gasteiger partial charge in [0.05, 0.1) is 13.2 Å². The van der Waals surface area contributed by atoms with E-state index in [1.165, 1.54) is 0 Å². The molecule has 0 amide bonds. The Morgan fingerprint density at radius 2 is 1.73 bits per heavy atom. The largest absolute Gasteiger partial charge is 0.409 e. The molecule has 0 unspecified atom stereocenters. The van der Waals surface area contributed by atoms with Gasteiger partial charge in [-0.2, -0.15) is 13.2 Å². The number of rotatable bonds is 7. The van der Waals surface area contributed by atoms with Crippen LogP contribution in [-0.2, 0) is 20.0 Å². The minimum atomic E-state index is -4.56. The Morgan fingerprint density at radius 3 is 2.18 bits per heavy atom. The van der Waals surface area contributed by atoms with Gasteiger partial charge in [-0.25, -0.2) is 0 Å². The lowest BCUT2D eigenvalue weighted by atomic mass is 9.99. The molecule has 124 valence electrons. The van der Waals surface area contributed by atoms with Crippen LogP contribution in [0.25, 0.3) is 0 Å². The van der Waals surface area contributed by atoms with E-state index in [1.54, 1.807) is 44.2 Å². The SMILES string of the molecule is CCOP(=O)(OCC)[C@@H]1N[C@]1(Cc1ccccc1)C(F)(F)F. The molecule has 8 heteroatoms. The first-order valence-corrected chi connectivity index (χ1v) is 8.67. The lowest BCUT2D eigenvalue weighted by Crippen LogP contribution is -2.39. The summed E-state index contributed by atoms with van der Waals surface area (Å²) in [6.45, 7) is 3.19. The number of benzene rings is 1. The van der Waals surface area contributed by atoms with E-state index in [1.807, 2.05) is 0 Å². The van der Waals surface area contributed by atoms with Crippen molar-refractivity contribution in [3.05, 3.63) is 35.9 Å². The molecule has 1 saturated heterocycles. The fourth-order valence-corrected chi connectivity index (χ4v) is 4.76. The second-order valence-electron chi connectivity index (χ2n) is 5.05. The molecule has 1 aromatic rings. The molecule has 0 spiro atoms. The van der Waals surface area contributed by atoms with Gasteiger partial charge >= 0.3 is 13.8 Å². The molecular formula is C14H19F3NO3P. The minimum absolute atomic E-state index is 0.0226. The number of halogens is 3. The summed E-state index contributed by atoms with van der Waals surface area (Å²) in [5, 5.41) is 2.34. The monoisotopic (exact) mass is 337 g/mol. The van der Waals surface area contributed by atoms with Crippen LogP contribution in [0.3, 0.4) is 0 Å². The van der Waals surface area contributed by atoms with E-state index in [0.717, 1.165) is 0 Å². The predicted molar refractivity (Wildman–Crippen MR) is 76.7 cm³/mol. The van der Waals surface area contributed by atoms with Crippen LogP contribution < -0.4 is 5.32 Å². The van der Waals surface area contributed by atoms with Crippen molar-refractivity contribution in [2.45, 2.75) is 37.8 Å². The van der Waals surface area contributed by atoms with Gasteiger partial charge in [0.25, 0.3) is 0 Å². The van der Waals surface area contributed by atoms with E-state index in [0.29, 0.717) is 5.56 Å². The molecule has 22 heavy (non-hydrogen) atoms. The Morgan fingerprint density at radius 1 is 1.18 bits per heavy atom. The van der Waals surface area contributed by atoms with Crippen molar-refractivity contribution >= 4 is 7.60 Å². The van der Waals surface area contributed by atoms with Crippen LogP contribution in [0.2, 0.25) is 0 Å². The smallest absolute Gasteiger partial charge is 0.308 e. The van der Waals surface area contributed by atoms with Crippen molar-refractivity contribution in [3.8, 4) is 0 Å². The minimum Gasteiger partial charge on any atom is -0.308 e. The first-order chi connectivity index (χ1) is 10.3. The highest BCUT2D eigenvalue weighted by Gasteiger charge is 2.76. The van der Waals surface area contributed by atoms with E-state index in [2.05, 4.69) is 5.32 Å². The normalized spacial score (nSPS) is 25.2. The van der Waals surface area contributed by atoms with Crippen molar-refractivity contribution in [1.82, 2.24) is 5.32 Å². The van der Waals surface area contributed by atoms with Crippen LogP contribution in [0.15, 0.2) is 30.3 Å². The molecule has 0 aliphatic carbocycles. The summed E-state index contributed by atoms with van der Waals surface area (Å²) in [7, 11) is -3.87. The average molecular weight is 337 g/mol. The lowest BCUT2D eigenvalue weighted by molar-refractivity contribution is -0.160. The van der Waals surface area contributed by atoms with Gasteiger partial charge in [-0.3, -0.25) is 9.88 Å². The Balaban J connectivity index is 2.29. The van der Waals surface area contributed by atoms with Crippen LogP contribution in [0.5, 0.6) is 0 Å². The highest BCUT2D eigenvalue weighted by Crippen LogP contribution is 2.65. The maximum absolute atomic E-state index is 13.5. The molecule has 2 atom stereocenters. The second-order valence-corrected chi connectivity index (χ2v) is 7.17. The summed E-state index contributed by atoms with van der Waals surface area (Å²) >= 11 is 0. The average Bonchev–Trinajstić information content (AvgIpc) is 3.17. The number of nitrogens with one attached hydrogen (secondary N) is 1. The fraction of sp³-hybridized carbons (Fsp3) is 0.571. The third-order valence-electron chi connectivity index (χ3n) is 3.54. The summed E-state index contributed by atoms with van der Waals surface area (Å²) in [6.07, 6.45) is -4.87. The van der Waals surface area contributed by atoms with E-state index >= 15 is 0 Å². The maximum atomic E-state index is 13.5. The van der Waals surface area contributed by atoms with Gasteiger partial charge in [0, 0.05) is 6.42 Å². The van der Waals surface area contributed by atoms with Crippen LogP contribution in [0, 0.1) is 0 Å². The molecule has 1 aliphatic rings. The van der Waals surface area contributed by atoms with E-state index in [9.17, 15) is 17.7 Å². The van der Waals surface area contributed by atoms with Crippen LogP contribution in [-0.4, -0.2) is 30.7 Å². The topological polar surface area (TPSA) is 57.5 Å². The van der Waals surface area contributed by atoms with Crippen molar-refractivity contribution in [3.63, 3.8) is 0 Å². The molecule has 0 radical (unpaired) electrons. The summed E-state index contributed by atoms with van der Waals surface area (Å²) in [6, 6.07) is 8.28. The summed E-state index contributed by atoms with van der Waals surface area (Å²) in [4.78, 5) is 0. The van der Waals surface area contributed by atoms with E-state index in [-0.39, 0.29) is 19.6 Å². The molecule has 1 heterocycles. The first-order valence-electron chi connectivity index (χ1n) is 7.06. The zero-order valence-corrected chi connectivity index (χ0v) is 13.3. The Kier molecular flexibility index (Phi) is 5.02. The fourth-order valence-electron chi connectivity index (χ4n) is 2.50. The third-order valence-corrected chi connectivity index (χ3v) is 5.98. The summed E-state index contributed by atoms with van der Waals surface area (Å²) < 4.78 is 63.4. The van der Waals surface area contributed by atoms with E-state index < -0.39 is 25.1 Å². The van der Waals surface area contributed by atoms with Gasteiger partial charge in [0.1, 0.15) is 11.3 Å². The third kappa shape index (κ3) is 3.23. The number of hydrogen-bond donors (Lipinski definition) is 1. The van der Waals surface area contributed by atoms with Gasteiger partial charge in [0.15, 0.2) is 0 Å². The maximum Gasteiger partial charge on any atom is 0.409 e. The lowest BCUT2D eigenvalue weighted by Gasteiger charge is -2.22. The Labute approximate surface area is 127 Å². The standard InChI is InChI=1S/C14H19F3NO3P/c1-3-20-22(19,21-4-2)12-13(18-12,14(15,16)17)10-11-8-6-5-7-9-11/h5-9,12,18H,3-4,10H2,1-2H3/t12-,13-/m0/s1. The van der Waals surface area contributed by atoms with Gasteiger partial charge < -0.3 is 9.05 Å². The predicted octanol–water partition coefficient (Wildman–Crippen LogP) is 3.73. The Bertz CT molecular complexity index is 542. The van der Waals surface area contributed by atoms with Crippen molar-refractivity contribution < 1.29 is 26.8 Å². The molecule has 4 nitrogen and oxygen atoms in total. The molecule has 0 aromatic heterocycles. The van der Waals surface area contributed by atoms with Crippen LogP contribution >= 0.6 is 7.60 Å². The molecule has 1 N–H and O–H groups in total. The molecular weight excluding hydrogens is 318 g/mol. The first kappa shape index (κ1) is 17.5. The molecule has 0 saturated carbocycles.